The van der Waals surface area contributed by atoms with Crippen molar-refractivity contribution in [2.75, 3.05) is 32.9 Å². The molecule has 0 aliphatic heterocycles. The van der Waals surface area contributed by atoms with Crippen molar-refractivity contribution in [3.8, 4) is 0 Å². The van der Waals surface area contributed by atoms with E-state index >= 15 is 0 Å². The molecule has 6 nitrogen and oxygen atoms in total. The largest absolute Gasteiger partial charge is 0.481 e. The van der Waals surface area contributed by atoms with E-state index in [2.05, 4.69) is 5.32 Å². The van der Waals surface area contributed by atoms with Gasteiger partial charge in [0.15, 0.2) is 0 Å². The van der Waals surface area contributed by atoms with Crippen LogP contribution < -0.4 is 5.32 Å². The van der Waals surface area contributed by atoms with E-state index in [9.17, 15) is 13.2 Å². The smallest absolute Gasteiger partial charge is 0.303 e. The van der Waals surface area contributed by atoms with Gasteiger partial charge >= 0.3 is 5.97 Å². The Morgan fingerprint density at radius 1 is 1.47 bits per heavy atom. The molecule has 0 fully saturated rings. The van der Waals surface area contributed by atoms with Crippen LogP contribution in [0.5, 0.6) is 0 Å². The number of carboxylic acids is 1. The van der Waals surface area contributed by atoms with Crippen LogP contribution in [0.15, 0.2) is 0 Å². The first kappa shape index (κ1) is 14.3. The number of nitrogens with one attached hydrogen (secondary N) is 1. The predicted molar refractivity (Wildman–Crippen MR) is 57.2 cm³/mol. The van der Waals surface area contributed by atoms with Gasteiger partial charge in [0.25, 0.3) is 0 Å². The number of sulfonamides is 1. The molecule has 0 saturated carbocycles. The summed E-state index contributed by atoms with van der Waals surface area (Å²) in [4.78, 5) is 10.2. The van der Waals surface area contributed by atoms with E-state index in [-0.39, 0.29) is 18.6 Å². The first-order chi connectivity index (χ1) is 6.90. The molecule has 90 valence electrons. The molecule has 0 bridgehead atoms. The van der Waals surface area contributed by atoms with Crippen molar-refractivity contribution in [1.82, 2.24) is 9.62 Å². The minimum absolute atomic E-state index is 0.112. The summed E-state index contributed by atoms with van der Waals surface area (Å²) in [5, 5.41) is 11.2. The molecule has 0 aliphatic carbocycles. The van der Waals surface area contributed by atoms with Crippen LogP contribution in [0.3, 0.4) is 0 Å². The number of hydrogen-bond acceptors (Lipinski definition) is 4. The highest BCUT2D eigenvalue weighted by Crippen LogP contribution is 2.01. The fraction of sp³-hybridized carbons (Fsp3) is 0.875. The second kappa shape index (κ2) is 6.76. The van der Waals surface area contributed by atoms with E-state index < -0.39 is 16.0 Å². The summed E-state index contributed by atoms with van der Waals surface area (Å²) in [7, 11) is -0.0637. The van der Waals surface area contributed by atoms with Gasteiger partial charge in [-0.15, -0.1) is 0 Å². The molecule has 0 heterocycles. The molecular weight excluding hydrogens is 220 g/mol. The summed E-state index contributed by atoms with van der Waals surface area (Å²) in [5.74, 6) is -1.08. The Kier molecular flexibility index (Phi) is 6.46. The van der Waals surface area contributed by atoms with Crippen molar-refractivity contribution in [1.29, 1.82) is 0 Å². The molecule has 0 spiro atoms. The lowest BCUT2D eigenvalue weighted by Gasteiger charge is -2.16. The Balaban J connectivity index is 4.00. The van der Waals surface area contributed by atoms with E-state index in [0.29, 0.717) is 13.1 Å². The molecule has 15 heavy (non-hydrogen) atoms. The third kappa shape index (κ3) is 6.43. The molecule has 0 aromatic carbocycles. The van der Waals surface area contributed by atoms with Gasteiger partial charge in [0.2, 0.25) is 10.0 Å². The third-order valence-corrected chi connectivity index (χ3v) is 3.88. The van der Waals surface area contributed by atoms with Gasteiger partial charge in [-0.05, 0) is 13.5 Å². The summed E-state index contributed by atoms with van der Waals surface area (Å²) in [6.45, 7) is 0.973. The number of rotatable bonds is 8. The van der Waals surface area contributed by atoms with Crippen molar-refractivity contribution >= 4 is 16.0 Å². The Morgan fingerprint density at radius 2 is 2.07 bits per heavy atom. The standard InChI is InChI=1S/C8H18N2O4S/c1-9-5-6-10(2)15(13,14)7-3-4-8(11)12/h9H,3-7H2,1-2H3,(H,11,12). The zero-order valence-corrected chi connectivity index (χ0v) is 9.88. The maximum atomic E-state index is 11.5. The first-order valence-electron chi connectivity index (χ1n) is 4.70. The average Bonchev–Trinajstić information content (AvgIpc) is 2.13. The van der Waals surface area contributed by atoms with Gasteiger partial charge in [-0.25, -0.2) is 12.7 Å². The highest BCUT2D eigenvalue weighted by Gasteiger charge is 2.17. The quantitative estimate of drug-likeness (QED) is 0.586. The molecule has 0 radical (unpaired) electrons. The highest BCUT2D eigenvalue weighted by molar-refractivity contribution is 7.89. The molecule has 7 heteroatoms. The Hall–Kier alpha value is -0.660. The minimum Gasteiger partial charge on any atom is -0.481 e. The number of carbonyl (C=O) groups is 1. The van der Waals surface area contributed by atoms with Crippen molar-refractivity contribution < 1.29 is 18.3 Å². The van der Waals surface area contributed by atoms with Crippen molar-refractivity contribution in [2.24, 2.45) is 0 Å². The fourth-order valence-corrected chi connectivity index (χ4v) is 2.16. The maximum Gasteiger partial charge on any atom is 0.303 e. The zero-order chi connectivity index (χ0) is 11.9. The van der Waals surface area contributed by atoms with Crippen LogP contribution in [-0.2, 0) is 14.8 Å². The lowest BCUT2D eigenvalue weighted by molar-refractivity contribution is -0.137. The van der Waals surface area contributed by atoms with Crippen LogP contribution in [0.4, 0.5) is 0 Å². The van der Waals surface area contributed by atoms with Crippen LogP contribution in [0.1, 0.15) is 12.8 Å². The molecule has 0 atom stereocenters. The highest BCUT2D eigenvalue weighted by atomic mass is 32.2. The van der Waals surface area contributed by atoms with Gasteiger partial charge in [-0.3, -0.25) is 4.79 Å². The second-order valence-electron chi connectivity index (χ2n) is 3.24. The summed E-state index contributed by atoms with van der Waals surface area (Å²) >= 11 is 0. The summed E-state index contributed by atoms with van der Waals surface area (Å²) < 4.78 is 24.3. The van der Waals surface area contributed by atoms with Gasteiger partial charge in [0, 0.05) is 26.6 Å². The van der Waals surface area contributed by atoms with E-state index in [0.717, 1.165) is 0 Å². The number of hydrogen-bond donors (Lipinski definition) is 2. The Bertz CT molecular complexity index is 289. The molecule has 0 aliphatic rings. The molecular formula is C8H18N2O4S. The molecule has 0 rings (SSSR count). The lowest BCUT2D eigenvalue weighted by atomic mass is 10.3. The van der Waals surface area contributed by atoms with Gasteiger partial charge in [-0.1, -0.05) is 0 Å². The van der Waals surface area contributed by atoms with Gasteiger partial charge in [0.1, 0.15) is 0 Å². The van der Waals surface area contributed by atoms with Gasteiger partial charge < -0.3 is 10.4 Å². The molecule has 2 N–H and O–H groups in total. The molecule has 0 aromatic rings. The number of aliphatic carboxylic acids is 1. The molecule has 0 aromatic heterocycles. The van der Waals surface area contributed by atoms with Crippen molar-refractivity contribution in [2.45, 2.75) is 12.8 Å². The fourth-order valence-electron chi connectivity index (χ4n) is 0.970. The lowest BCUT2D eigenvalue weighted by Crippen LogP contribution is -2.34. The predicted octanol–water partition coefficient (Wildman–Crippen LogP) is -0.668. The van der Waals surface area contributed by atoms with Crippen LogP contribution in [-0.4, -0.2) is 56.7 Å². The van der Waals surface area contributed by atoms with Crippen LogP contribution in [0.25, 0.3) is 0 Å². The van der Waals surface area contributed by atoms with Crippen LogP contribution in [0, 0.1) is 0 Å². The maximum absolute atomic E-state index is 11.5. The van der Waals surface area contributed by atoms with Crippen molar-refractivity contribution in [3.05, 3.63) is 0 Å². The first-order valence-corrected chi connectivity index (χ1v) is 6.31. The monoisotopic (exact) mass is 238 g/mol. The summed E-state index contributed by atoms with van der Waals surface area (Å²) in [5.41, 5.74) is 0. The van der Waals surface area contributed by atoms with Gasteiger partial charge in [0.05, 0.1) is 5.75 Å². The van der Waals surface area contributed by atoms with Crippen molar-refractivity contribution in [3.63, 3.8) is 0 Å². The normalized spacial score (nSPS) is 11.9. The molecule has 0 amide bonds. The average molecular weight is 238 g/mol. The van der Waals surface area contributed by atoms with Gasteiger partial charge in [-0.2, -0.15) is 0 Å². The van der Waals surface area contributed by atoms with E-state index in [4.69, 9.17) is 5.11 Å². The van der Waals surface area contributed by atoms with E-state index in [1.807, 2.05) is 0 Å². The zero-order valence-electron chi connectivity index (χ0n) is 9.06. The number of likely N-dealkylation sites (N-methyl/N-ethyl adjacent to an activating group) is 2. The number of nitrogens with zero attached hydrogens (tertiary/aromatic N) is 1. The minimum atomic E-state index is -3.30. The van der Waals surface area contributed by atoms with E-state index in [1.54, 1.807) is 7.05 Å². The van der Waals surface area contributed by atoms with Crippen LogP contribution >= 0.6 is 0 Å². The van der Waals surface area contributed by atoms with Crippen LogP contribution in [0.2, 0.25) is 0 Å². The number of carboxylic acid groups (broad SMARTS) is 1. The SMILES string of the molecule is CNCCN(C)S(=O)(=O)CCCC(=O)O. The topological polar surface area (TPSA) is 86.7 Å². The second-order valence-corrected chi connectivity index (χ2v) is 5.43. The molecule has 0 unspecified atom stereocenters. The summed E-state index contributed by atoms with van der Waals surface area (Å²) in [6, 6.07) is 0. The Morgan fingerprint density at radius 3 is 2.53 bits per heavy atom. The molecule has 0 saturated heterocycles. The summed E-state index contributed by atoms with van der Waals surface area (Å²) in [6.07, 6.45) is 0.0423. The Labute approximate surface area is 90.3 Å². The third-order valence-electron chi connectivity index (χ3n) is 1.94. The van der Waals surface area contributed by atoms with E-state index in [1.165, 1.54) is 11.4 Å².